The maximum absolute atomic E-state index is 12.2. The van der Waals surface area contributed by atoms with Gasteiger partial charge in [-0.15, -0.1) is 0 Å². The van der Waals surface area contributed by atoms with Gasteiger partial charge < -0.3 is 14.8 Å². The van der Waals surface area contributed by atoms with E-state index in [1.165, 1.54) is 25.7 Å². The smallest absolute Gasteiger partial charge is 0.224 e. The van der Waals surface area contributed by atoms with E-state index in [-0.39, 0.29) is 5.91 Å². The van der Waals surface area contributed by atoms with Crippen LogP contribution in [0.1, 0.15) is 32.1 Å². The van der Waals surface area contributed by atoms with Gasteiger partial charge in [0.15, 0.2) is 0 Å². The number of hydrogen-bond acceptors (Lipinski definition) is 3. The van der Waals surface area contributed by atoms with Crippen LogP contribution in [0.15, 0.2) is 54.6 Å². The Hall–Kier alpha value is -2.49. The number of carbonyl (C=O) groups excluding carboxylic acids is 1. The van der Waals surface area contributed by atoms with Crippen molar-refractivity contribution in [1.29, 1.82) is 0 Å². The normalized spacial score (nSPS) is 14.2. The first kappa shape index (κ1) is 17.3. The molecule has 4 nitrogen and oxygen atoms in total. The number of anilines is 1. The Bertz CT molecular complexity index is 666. The summed E-state index contributed by atoms with van der Waals surface area (Å²) in [6, 6.07) is 17.2. The quantitative estimate of drug-likeness (QED) is 0.711. The van der Waals surface area contributed by atoms with Crippen molar-refractivity contribution < 1.29 is 14.3 Å². The van der Waals surface area contributed by atoms with Crippen molar-refractivity contribution >= 4 is 11.6 Å². The fraction of sp³-hybridized carbons (Fsp3) is 0.381. The van der Waals surface area contributed by atoms with Crippen LogP contribution < -0.4 is 14.8 Å². The summed E-state index contributed by atoms with van der Waals surface area (Å²) < 4.78 is 11.4. The third-order valence-electron chi connectivity index (χ3n) is 4.46. The van der Waals surface area contributed by atoms with Crippen LogP contribution in [0.5, 0.6) is 11.5 Å². The summed E-state index contributed by atoms with van der Waals surface area (Å²) in [5, 5.41) is 2.99. The number of ether oxygens (including phenoxy) is 2. The summed E-state index contributed by atoms with van der Waals surface area (Å²) >= 11 is 0. The third kappa shape index (κ3) is 5.52. The molecule has 1 saturated carbocycles. The molecular weight excluding hydrogens is 314 g/mol. The zero-order valence-corrected chi connectivity index (χ0v) is 14.4. The zero-order valence-electron chi connectivity index (χ0n) is 14.4. The lowest BCUT2D eigenvalue weighted by molar-refractivity contribution is -0.117. The van der Waals surface area contributed by atoms with Crippen molar-refractivity contribution in [3.63, 3.8) is 0 Å². The van der Waals surface area contributed by atoms with E-state index in [4.69, 9.17) is 9.47 Å². The van der Waals surface area contributed by atoms with Crippen LogP contribution in [-0.2, 0) is 4.79 Å². The fourth-order valence-corrected chi connectivity index (χ4v) is 3.20. The van der Waals surface area contributed by atoms with E-state index in [1.807, 2.05) is 54.6 Å². The van der Waals surface area contributed by atoms with Crippen LogP contribution in [0.3, 0.4) is 0 Å². The van der Waals surface area contributed by atoms with E-state index >= 15 is 0 Å². The Morgan fingerprint density at radius 3 is 2.40 bits per heavy atom. The molecule has 0 spiro atoms. The van der Waals surface area contributed by atoms with Crippen LogP contribution >= 0.6 is 0 Å². The molecule has 132 valence electrons. The molecule has 25 heavy (non-hydrogen) atoms. The predicted octanol–water partition coefficient (Wildman–Crippen LogP) is 4.66. The van der Waals surface area contributed by atoms with Gasteiger partial charge in [0, 0.05) is 6.42 Å². The Balaban J connectivity index is 1.47. The Labute approximate surface area is 149 Å². The van der Waals surface area contributed by atoms with Gasteiger partial charge in [0.1, 0.15) is 24.7 Å². The molecule has 1 fully saturated rings. The minimum Gasteiger partial charge on any atom is -0.490 e. The molecule has 0 atom stereocenters. The molecule has 2 aromatic carbocycles. The molecule has 2 aromatic rings. The maximum Gasteiger partial charge on any atom is 0.224 e. The highest BCUT2D eigenvalue weighted by molar-refractivity contribution is 5.92. The second kappa shape index (κ2) is 9.11. The predicted molar refractivity (Wildman–Crippen MR) is 99.1 cm³/mol. The molecule has 0 unspecified atom stereocenters. The summed E-state index contributed by atoms with van der Waals surface area (Å²) in [5.74, 6) is 2.11. The summed E-state index contributed by atoms with van der Waals surface area (Å²) in [6.45, 7) is 0.874. The first-order valence-corrected chi connectivity index (χ1v) is 9.01. The largest absolute Gasteiger partial charge is 0.490 e. The zero-order chi connectivity index (χ0) is 17.3. The third-order valence-corrected chi connectivity index (χ3v) is 4.46. The van der Waals surface area contributed by atoms with Gasteiger partial charge in [0.05, 0.1) is 5.69 Å². The highest BCUT2D eigenvalue weighted by Crippen LogP contribution is 2.29. The van der Waals surface area contributed by atoms with E-state index < -0.39 is 0 Å². The monoisotopic (exact) mass is 339 g/mol. The van der Waals surface area contributed by atoms with E-state index in [2.05, 4.69) is 5.32 Å². The molecule has 0 saturated heterocycles. The molecule has 4 heteroatoms. The number of carbonyl (C=O) groups is 1. The number of para-hydroxylation sites is 3. The van der Waals surface area contributed by atoms with Gasteiger partial charge in [-0.05, 0) is 43.0 Å². The summed E-state index contributed by atoms with van der Waals surface area (Å²) in [7, 11) is 0. The molecule has 1 aliphatic rings. The van der Waals surface area contributed by atoms with E-state index in [0.29, 0.717) is 31.3 Å². The van der Waals surface area contributed by atoms with Gasteiger partial charge in [-0.2, -0.15) is 0 Å². The lowest BCUT2D eigenvalue weighted by Crippen LogP contribution is -2.16. The van der Waals surface area contributed by atoms with Crippen molar-refractivity contribution in [2.45, 2.75) is 32.1 Å². The van der Waals surface area contributed by atoms with Crippen molar-refractivity contribution in [1.82, 2.24) is 0 Å². The van der Waals surface area contributed by atoms with Crippen molar-refractivity contribution in [3.8, 4) is 11.5 Å². The van der Waals surface area contributed by atoms with Crippen LogP contribution in [0, 0.1) is 5.92 Å². The Kier molecular flexibility index (Phi) is 6.32. The minimum atomic E-state index is 0.0727. The topological polar surface area (TPSA) is 47.6 Å². The van der Waals surface area contributed by atoms with Crippen molar-refractivity contribution in [2.75, 3.05) is 18.5 Å². The number of amides is 1. The van der Waals surface area contributed by atoms with Gasteiger partial charge >= 0.3 is 0 Å². The molecule has 1 N–H and O–H groups in total. The van der Waals surface area contributed by atoms with E-state index in [1.54, 1.807) is 0 Å². The SMILES string of the molecule is O=C(CC1CCCC1)Nc1ccccc1OCCOc1ccccc1. The first-order valence-electron chi connectivity index (χ1n) is 9.01. The minimum absolute atomic E-state index is 0.0727. The van der Waals surface area contributed by atoms with E-state index in [0.717, 1.165) is 11.4 Å². The van der Waals surface area contributed by atoms with Crippen molar-refractivity contribution in [2.24, 2.45) is 5.92 Å². The first-order chi connectivity index (χ1) is 12.3. The molecule has 0 aromatic heterocycles. The lowest BCUT2D eigenvalue weighted by atomic mass is 10.0. The van der Waals surface area contributed by atoms with Crippen LogP contribution in [0.25, 0.3) is 0 Å². The number of rotatable bonds is 8. The molecule has 0 heterocycles. The lowest BCUT2D eigenvalue weighted by Gasteiger charge is -2.14. The van der Waals surface area contributed by atoms with Gasteiger partial charge in [0.2, 0.25) is 5.91 Å². The molecular formula is C21H25NO3. The highest BCUT2D eigenvalue weighted by Gasteiger charge is 2.19. The number of nitrogens with one attached hydrogen (secondary N) is 1. The number of benzene rings is 2. The second-order valence-corrected chi connectivity index (χ2v) is 6.41. The van der Waals surface area contributed by atoms with Gasteiger partial charge in [-0.1, -0.05) is 43.2 Å². The van der Waals surface area contributed by atoms with Crippen LogP contribution in [0.4, 0.5) is 5.69 Å². The van der Waals surface area contributed by atoms with Crippen molar-refractivity contribution in [3.05, 3.63) is 54.6 Å². The molecule has 0 bridgehead atoms. The Morgan fingerprint density at radius 2 is 1.60 bits per heavy atom. The molecule has 0 radical (unpaired) electrons. The Morgan fingerprint density at radius 1 is 0.920 bits per heavy atom. The van der Waals surface area contributed by atoms with Crippen LogP contribution in [-0.4, -0.2) is 19.1 Å². The molecule has 1 aliphatic carbocycles. The fourth-order valence-electron chi connectivity index (χ4n) is 3.20. The van der Waals surface area contributed by atoms with Gasteiger partial charge in [-0.25, -0.2) is 0 Å². The summed E-state index contributed by atoms with van der Waals surface area (Å²) in [6.07, 6.45) is 5.44. The van der Waals surface area contributed by atoms with Crippen LogP contribution in [0.2, 0.25) is 0 Å². The van der Waals surface area contributed by atoms with E-state index in [9.17, 15) is 4.79 Å². The maximum atomic E-state index is 12.2. The molecule has 1 amide bonds. The van der Waals surface area contributed by atoms with Gasteiger partial charge in [0.25, 0.3) is 0 Å². The summed E-state index contributed by atoms with van der Waals surface area (Å²) in [5.41, 5.74) is 0.727. The molecule has 3 rings (SSSR count). The average Bonchev–Trinajstić information content (AvgIpc) is 3.14. The summed E-state index contributed by atoms with van der Waals surface area (Å²) in [4.78, 5) is 12.2. The standard InChI is InChI=1S/C21H25NO3/c23-21(16-17-8-4-5-9-17)22-19-12-6-7-13-20(19)25-15-14-24-18-10-2-1-3-11-18/h1-3,6-7,10-13,17H,4-5,8-9,14-16H2,(H,22,23). The second-order valence-electron chi connectivity index (χ2n) is 6.41. The highest BCUT2D eigenvalue weighted by atomic mass is 16.5. The molecule has 0 aliphatic heterocycles. The van der Waals surface area contributed by atoms with Gasteiger partial charge in [-0.3, -0.25) is 4.79 Å². The number of hydrogen-bond donors (Lipinski definition) is 1. The average molecular weight is 339 g/mol.